The quantitative estimate of drug-likeness (QED) is 0.482. The van der Waals surface area contributed by atoms with Crippen molar-refractivity contribution in [2.45, 2.75) is 38.1 Å². The number of carboxylic acid groups (broad SMARTS) is 1. The number of hydrogen-bond acceptors (Lipinski definition) is 5. The van der Waals surface area contributed by atoms with Crippen LogP contribution in [0.15, 0.2) is 48.5 Å². The Kier molecular flexibility index (Phi) is 7.06. The van der Waals surface area contributed by atoms with E-state index in [2.05, 4.69) is 5.32 Å². The number of benzene rings is 2. The van der Waals surface area contributed by atoms with Crippen LogP contribution in [0.1, 0.15) is 43.2 Å². The number of hydrogen-bond donors (Lipinski definition) is 2. The minimum atomic E-state index is -1.30. The molecule has 7 nitrogen and oxygen atoms in total. The molecule has 0 fully saturated rings. The van der Waals surface area contributed by atoms with Gasteiger partial charge in [0.15, 0.2) is 0 Å². The number of amides is 1. The first-order chi connectivity index (χ1) is 14.5. The van der Waals surface area contributed by atoms with Gasteiger partial charge in [-0.2, -0.15) is 0 Å². The number of nitrogens with one attached hydrogen (secondary N) is 1. The highest BCUT2D eigenvalue weighted by Crippen LogP contribution is 2.44. The van der Waals surface area contributed by atoms with Crippen molar-refractivity contribution in [1.82, 2.24) is 5.32 Å². The zero-order valence-electron chi connectivity index (χ0n) is 16.8. The number of carbonyl (C=O) groups is 3. The number of unbranched alkanes of at least 4 members (excludes halogenated alkanes) is 1. The lowest BCUT2D eigenvalue weighted by Gasteiger charge is -2.18. The molecule has 3 rings (SSSR count). The maximum Gasteiger partial charge on any atom is 0.407 e. The normalized spacial score (nSPS) is 13.1. The van der Waals surface area contributed by atoms with Gasteiger partial charge in [0, 0.05) is 5.92 Å². The monoisotopic (exact) mass is 411 g/mol. The maximum absolute atomic E-state index is 12.3. The van der Waals surface area contributed by atoms with E-state index in [1.165, 1.54) is 0 Å². The van der Waals surface area contributed by atoms with Crippen molar-refractivity contribution < 1.29 is 29.0 Å². The summed E-state index contributed by atoms with van der Waals surface area (Å²) in [6.07, 6.45) is 0.0676. The van der Waals surface area contributed by atoms with E-state index in [0.717, 1.165) is 28.7 Å². The Bertz CT molecular complexity index is 880. The van der Waals surface area contributed by atoms with Gasteiger partial charge < -0.3 is 19.9 Å². The van der Waals surface area contributed by atoms with E-state index in [0.29, 0.717) is 6.42 Å². The first-order valence-electron chi connectivity index (χ1n) is 10.0. The Hall–Kier alpha value is -3.35. The molecule has 1 atom stereocenters. The van der Waals surface area contributed by atoms with Gasteiger partial charge in [0.1, 0.15) is 12.6 Å². The van der Waals surface area contributed by atoms with Gasteiger partial charge in [0.2, 0.25) is 0 Å². The molecule has 2 aromatic carbocycles. The fourth-order valence-corrected chi connectivity index (χ4v) is 3.57. The Labute approximate surface area is 175 Å². The van der Waals surface area contributed by atoms with Gasteiger partial charge >= 0.3 is 18.0 Å². The van der Waals surface area contributed by atoms with Crippen molar-refractivity contribution in [2.24, 2.45) is 0 Å². The molecule has 1 aliphatic rings. The minimum absolute atomic E-state index is 0.0739. The van der Waals surface area contributed by atoms with Crippen molar-refractivity contribution in [3.63, 3.8) is 0 Å². The Morgan fingerprint density at radius 3 is 2.17 bits per heavy atom. The van der Waals surface area contributed by atoms with E-state index in [1.54, 1.807) is 0 Å². The summed E-state index contributed by atoms with van der Waals surface area (Å²) in [5.41, 5.74) is 4.33. The van der Waals surface area contributed by atoms with Gasteiger partial charge in [-0.25, -0.2) is 9.59 Å². The second-order valence-electron chi connectivity index (χ2n) is 7.14. The molecule has 0 spiro atoms. The van der Waals surface area contributed by atoms with E-state index >= 15 is 0 Å². The number of ether oxygens (including phenoxy) is 2. The highest BCUT2D eigenvalue weighted by molar-refractivity contribution is 5.86. The third-order valence-corrected chi connectivity index (χ3v) is 5.04. The van der Waals surface area contributed by atoms with Gasteiger partial charge in [-0.3, -0.25) is 4.79 Å². The van der Waals surface area contributed by atoms with Gasteiger partial charge in [-0.1, -0.05) is 61.9 Å². The molecule has 0 aromatic heterocycles. The molecule has 0 unspecified atom stereocenters. The fourth-order valence-electron chi connectivity index (χ4n) is 3.57. The maximum atomic E-state index is 12.3. The average Bonchev–Trinajstić information content (AvgIpc) is 3.05. The second-order valence-corrected chi connectivity index (χ2v) is 7.14. The number of carboxylic acids is 1. The lowest BCUT2D eigenvalue weighted by molar-refractivity contribution is -0.150. The molecule has 0 saturated heterocycles. The third kappa shape index (κ3) is 4.97. The highest BCUT2D eigenvalue weighted by atomic mass is 16.6. The zero-order valence-corrected chi connectivity index (χ0v) is 16.8. The van der Waals surface area contributed by atoms with Crippen molar-refractivity contribution in [2.75, 3.05) is 13.2 Å². The van der Waals surface area contributed by atoms with E-state index in [-0.39, 0.29) is 19.1 Å². The van der Waals surface area contributed by atoms with Crippen LogP contribution in [0.25, 0.3) is 11.1 Å². The molecular weight excluding hydrogens is 386 g/mol. The first-order valence-corrected chi connectivity index (χ1v) is 10.0. The van der Waals surface area contributed by atoms with Crippen molar-refractivity contribution in [3.05, 3.63) is 59.7 Å². The molecule has 158 valence electrons. The molecule has 2 N–H and O–H groups in total. The lowest BCUT2D eigenvalue weighted by atomic mass is 9.98. The molecule has 0 bridgehead atoms. The van der Waals surface area contributed by atoms with Crippen molar-refractivity contribution in [1.29, 1.82) is 0 Å². The van der Waals surface area contributed by atoms with Crippen molar-refractivity contribution in [3.8, 4) is 11.1 Å². The summed E-state index contributed by atoms with van der Waals surface area (Å²) in [6.45, 7) is 2.19. The summed E-state index contributed by atoms with van der Waals surface area (Å²) in [5.74, 6) is -2.12. The van der Waals surface area contributed by atoms with Crippen LogP contribution in [-0.2, 0) is 19.1 Å². The van der Waals surface area contributed by atoms with E-state index in [9.17, 15) is 14.4 Å². The standard InChI is InChI=1S/C23H25NO6/c1-2-3-12-29-22(27)20(13-21(25)26)24-23(28)30-14-19-17-10-6-4-8-15(17)16-9-5-7-11-18(16)19/h4-11,19-20H,2-3,12-14H2,1H3,(H,24,28)(H,25,26)/t20-/m0/s1. The summed E-state index contributed by atoms with van der Waals surface area (Å²) in [7, 11) is 0. The zero-order chi connectivity index (χ0) is 21.5. The molecular formula is C23H25NO6. The molecule has 0 radical (unpaired) electrons. The largest absolute Gasteiger partial charge is 0.481 e. The number of aliphatic carboxylic acids is 1. The van der Waals surface area contributed by atoms with Gasteiger partial charge in [-0.15, -0.1) is 0 Å². The summed E-state index contributed by atoms with van der Waals surface area (Å²) < 4.78 is 10.4. The molecule has 0 aliphatic heterocycles. The summed E-state index contributed by atoms with van der Waals surface area (Å²) in [5, 5.41) is 11.4. The minimum Gasteiger partial charge on any atom is -0.481 e. The van der Waals surface area contributed by atoms with Crippen LogP contribution in [0.4, 0.5) is 4.79 Å². The van der Waals surface area contributed by atoms with E-state index in [4.69, 9.17) is 14.6 Å². The SMILES string of the molecule is CCCCOC(=O)[C@H](CC(=O)O)NC(=O)OCC1c2ccccc2-c2ccccc21. The van der Waals surface area contributed by atoms with Crippen LogP contribution in [0, 0.1) is 0 Å². The Morgan fingerprint density at radius 2 is 1.60 bits per heavy atom. The summed E-state index contributed by atoms with van der Waals surface area (Å²) in [4.78, 5) is 35.5. The molecule has 0 heterocycles. The second kappa shape index (κ2) is 9.91. The van der Waals surface area contributed by atoms with E-state index < -0.39 is 30.5 Å². The first kappa shape index (κ1) is 21.4. The average molecular weight is 411 g/mol. The van der Waals surface area contributed by atoms with E-state index in [1.807, 2.05) is 55.5 Å². The van der Waals surface area contributed by atoms with Gasteiger partial charge in [-0.05, 0) is 28.7 Å². The number of esters is 1. The Morgan fingerprint density at radius 1 is 1.00 bits per heavy atom. The van der Waals surface area contributed by atoms with Gasteiger partial charge in [0.05, 0.1) is 13.0 Å². The van der Waals surface area contributed by atoms with Crippen LogP contribution >= 0.6 is 0 Å². The predicted molar refractivity (Wildman–Crippen MR) is 110 cm³/mol. The summed E-state index contributed by atoms with van der Waals surface area (Å²) in [6, 6.07) is 14.6. The Balaban J connectivity index is 1.64. The van der Waals surface area contributed by atoms with Crippen LogP contribution in [0.3, 0.4) is 0 Å². The fraction of sp³-hybridized carbons (Fsp3) is 0.348. The third-order valence-electron chi connectivity index (χ3n) is 5.04. The molecule has 0 saturated carbocycles. The van der Waals surface area contributed by atoms with Gasteiger partial charge in [0.25, 0.3) is 0 Å². The molecule has 1 amide bonds. The van der Waals surface area contributed by atoms with Crippen LogP contribution in [-0.4, -0.2) is 42.4 Å². The highest BCUT2D eigenvalue weighted by Gasteiger charge is 2.30. The number of alkyl carbamates (subject to hydrolysis) is 1. The molecule has 7 heteroatoms. The number of fused-ring (bicyclic) bond motifs is 3. The topological polar surface area (TPSA) is 102 Å². The molecule has 1 aliphatic carbocycles. The molecule has 30 heavy (non-hydrogen) atoms. The van der Waals surface area contributed by atoms with Crippen molar-refractivity contribution >= 4 is 18.0 Å². The van der Waals surface area contributed by atoms with Crippen LogP contribution in [0.5, 0.6) is 0 Å². The molecule has 2 aromatic rings. The van der Waals surface area contributed by atoms with Crippen LogP contribution < -0.4 is 5.32 Å². The number of carbonyl (C=O) groups excluding carboxylic acids is 2. The van der Waals surface area contributed by atoms with Crippen LogP contribution in [0.2, 0.25) is 0 Å². The lowest BCUT2D eigenvalue weighted by Crippen LogP contribution is -2.43. The smallest absolute Gasteiger partial charge is 0.407 e. The predicted octanol–water partition coefficient (Wildman–Crippen LogP) is 3.71. The number of rotatable bonds is 9. The summed E-state index contributed by atoms with van der Waals surface area (Å²) >= 11 is 0.